The Kier molecular flexibility index (Phi) is 4.95. The molecule has 0 aliphatic rings. The zero-order valence-electron chi connectivity index (χ0n) is 13.4. The second-order valence-corrected chi connectivity index (χ2v) is 5.76. The summed E-state index contributed by atoms with van der Waals surface area (Å²) in [5.41, 5.74) is -0.303. The van der Waals surface area contributed by atoms with E-state index in [1.54, 1.807) is 30.2 Å². The SMILES string of the molecule is CN(C)c1cc(C(=O)NCC(C)(O)c2ccc(F)cc2)ccn1. The Labute approximate surface area is 134 Å². The van der Waals surface area contributed by atoms with Crippen LogP contribution in [0.15, 0.2) is 42.6 Å². The van der Waals surface area contributed by atoms with E-state index in [1.807, 2.05) is 14.1 Å². The predicted octanol–water partition coefficient (Wildman–Crippen LogP) is 1.92. The Bertz CT molecular complexity index is 684. The minimum Gasteiger partial charge on any atom is -0.384 e. The van der Waals surface area contributed by atoms with E-state index in [9.17, 15) is 14.3 Å². The van der Waals surface area contributed by atoms with Crippen LogP contribution in [0.4, 0.5) is 10.2 Å². The minimum atomic E-state index is -1.29. The Morgan fingerprint density at radius 1 is 1.30 bits per heavy atom. The number of hydrogen-bond donors (Lipinski definition) is 2. The molecule has 23 heavy (non-hydrogen) atoms. The quantitative estimate of drug-likeness (QED) is 0.884. The zero-order valence-corrected chi connectivity index (χ0v) is 13.4. The number of carbonyl (C=O) groups excluding carboxylic acids is 1. The molecule has 0 bridgehead atoms. The van der Waals surface area contributed by atoms with Gasteiger partial charge in [0.1, 0.15) is 17.2 Å². The van der Waals surface area contributed by atoms with Gasteiger partial charge in [0.15, 0.2) is 0 Å². The highest BCUT2D eigenvalue weighted by molar-refractivity contribution is 5.94. The molecule has 1 unspecified atom stereocenters. The van der Waals surface area contributed by atoms with Crippen molar-refractivity contribution in [1.29, 1.82) is 0 Å². The summed E-state index contributed by atoms with van der Waals surface area (Å²) in [7, 11) is 3.67. The Hall–Kier alpha value is -2.47. The maximum atomic E-state index is 13.0. The summed E-state index contributed by atoms with van der Waals surface area (Å²) in [6.45, 7) is 1.58. The number of anilines is 1. The highest BCUT2D eigenvalue weighted by Gasteiger charge is 2.24. The van der Waals surface area contributed by atoms with Crippen molar-refractivity contribution in [2.45, 2.75) is 12.5 Å². The second kappa shape index (κ2) is 6.75. The van der Waals surface area contributed by atoms with Gasteiger partial charge in [0.2, 0.25) is 0 Å². The first kappa shape index (κ1) is 16.9. The first-order valence-corrected chi connectivity index (χ1v) is 7.19. The van der Waals surface area contributed by atoms with E-state index in [0.29, 0.717) is 16.9 Å². The third-order valence-electron chi connectivity index (χ3n) is 3.53. The van der Waals surface area contributed by atoms with Crippen molar-refractivity contribution >= 4 is 11.7 Å². The molecule has 0 spiro atoms. The molecule has 0 saturated carbocycles. The first-order chi connectivity index (χ1) is 10.8. The lowest BCUT2D eigenvalue weighted by Crippen LogP contribution is -2.38. The van der Waals surface area contributed by atoms with Crippen LogP contribution in [0.2, 0.25) is 0 Å². The highest BCUT2D eigenvalue weighted by atomic mass is 19.1. The molecular weight excluding hydrogens is 297 g/mol. The number of amides is 1. The van der Waals surface area contributed by atoms with Crippen LogP contribution in [-0.2, 0) is 5.60 Å². The van der Waals surface area contributed by atoms with Crippen molar-refractivity contribution in [3.63, 3.8) is 0 Å². The average molecular weight is 317 g/mol. The molecule has 0 fully saturated rings. The van der Waals surface area contributed by atoms with Crippen LogP contribution < -0.4 is 10.2 Å². The molecule has 122 valence electrons. The molecule has 0 saturated heterocycles. The molecular formula is C17H20FN3O2. The fourth-order valence-electron chi connectivity index (χ4n) is 2.07. The summed E-state index contributed by atoms with van der Waals surface area (Å²) in [5.74, 6) is -0.0117. The average Bonchev–Trinajstić information content (AvgIpc) is 2.53. The lowest BCUT2D eigenvalue weighted by Gasteiger charge is -2.24. The van der Waals surface area contributed by atoms with Gasteiger partial charge < -0.3 is 15.3 Å². The maximum absolute atomic E-state index is 13.0. The monoisotopic (exact) mass is 317 g/mol. The number of halogens is 1. The van der Waals surface area contributed by atoms with Crippen LogP contribution in [0, 0.1) is 5.82 Å². The van der Waals surface area contributed by atoms with Crippen LogP contribution in [-0.4, -0.2) is 36.6 Å². The maximum Gasteiger partial charge on any atom is 0.251 e. The molecule has 0 aliphatic heterocycles. The van der Waals surface area contributed by atoms with Crippen molar-refractivity contribution in [3.05, 3.63) is 59.5 Å². The van der Waals surface area contributed by atoms with Crippen LogP contribution >= 0.6 is 0 Å². The smallest absolute Gasteiger partial charge is 0.251 e. The summed E-state index contributed by atoms with van der Waals surface area (Å²) in [5, 5.41) is 13.1. The van der Waals surface area contributed by atoms with Gasteiger partial charge in [0.25, 0.3) is 5.91 Å². The number of aromatic nitrogens is 1. The van der Waals surface area contributed by atoms with Crippen molar-refractivity contribution in [3.8, 4) is 0 Å². The summed E-state index contributed by atoms with van der Waals surface area (Å²) in [6, 6.07) is 8.82. The molecule has 2 N–H and O–H groups in total. The number of nitrogens with one attached hydrogen (secondary N) is 1. The van der Waals surface area contributed by atoms with Crippen molar-refractivity contribution in [2.24, 2.45) is 0 Å². The second-order valence-electron chi connectivity index (χ2n) is 5.76. The van der Waals surface area contributed by atoms with Gasteiger partial charge in [-0.25, -0.2) is 9.37 Å². The zero-order chi connectivity index (χ0) is 17.0. The summed E-state index contributed by atoms with van der Waals surface area (Å²) in [4.78, 5) is 18.2. The number of pyridine rings is 1. The molecule has 1 amide bonds. The standard InChI is InChI=1S/C17H20FN3O2/c1-17(23,13-4-6-14(18)7-5-13)11-20-16(22)12-8-9-19-15(10-12)21(2)3/h4-10,23H,11H2,1-3H3,(H,20,22). The topological polar surface area (TPSA) is 65.5 Å². The summed E-state index contributed by atoms with van der Waals surface area (Å²) >= 11 is 0. The third kappa shape index (κ3) is 4.26. The Morgan fingerprint density at radius 2 is 1.96 bits per heavy atom. The van der Waals surface area contributed by atoms with Gasteiger partial charge in [-0.05, 0) is 36.8 Å². The number of nitrogens with zero attached hydrogens (tertiary/aromatic N) is 2. The van der Waals surface area contributed by atoms with Crippen molar-refractivity contribution in [2.75, 3.05) is 25.5 Å². The highest BCUT2D eigenvalue weighted by Crippen LogP contribution is 2.20. The van der Waals surface area contributed by atoms with Crippen LogP contribution in [0.5, 0.6) is 0 Å². The van der Waals surface area contributed by atoms with E-state index in [-0.39, 0.29) is 18.3 Å². The number of hydrogen-bond acceptors (Lipinski definition) is 4. The number of aliphatic hydroxyl groups is 1. The summed E-state index contributed by atoms with van der Waals surface area (Å²) in [6.07, 6.45) is 1.56. The Morgan fingerprint density at radius 3 is 2.57 bits per heavy atom. The van der Waals surface area contributed by atoms with Crippen LogP contribution in [0.1, 0.15) is 22.8 Å². The Balaban J connectivity index is 2.06. The van der Waals surface area contributed by atoms with Gasteiger partial charge in [0.05, 0.1) is 6.54 Å². The first-order valence-electron chi connectivity index (χ1n) is 7.19. The largest absolute Gasteiger partial charge is 0.384 e. The van der Waals surface area contributed by atoms with Gasteiger partial charge in [-0.1, -0.05) is 12.1 Å². The molecule has 6 heteroatoms. The minimum absolute atomic E-state index is 0.0110. The van der Waals surface area contributed by atoms with E-state index in [4.69, 9.17) is 0 Å². The lowest BCUT2D eigenvalue weighted by molar-refractivity contribution is 0.0526. The van der Waals surface area contributed by atoms with E-state index in [2.05, 4.69) is 10.3 Å². The van der Waals surface area contributed by atoms with Crippen molar-refractivity contribution in [1.82, 2.24) is 10.3 Å². The molecule has 1 aromatic heterocycles. The fourth-order valence-corrected chi connectivity index (χ4v) is 2.07. The molecule has 1 atom stereocenters. The molecule has 0 radical (unpaired) electrons. The van der Waals surface area contributed by atoms with Crippen molar-refractivity contribution < 1.29 is 14.3 Å². The van der Waals surface area contributed by atoms with Crippen LogP contribution in [0.3, 0.4) is 0 Å². The molecule has 2 aromatic rings. The number of carbonyl (C=O) groups is 1. The van der Waals surface area contributed by atoms with E-state index >= 15 is 0 Å². The predicted molar refractivity (Wildman–Crippen MR) is 86.9 cm³/mol. The number of rotatable bonds is 5. The van der Waals surface area contributed by atoms with Gasteiger partial charge in [-0.3, -0.25) is 4.79 Å². The third-order valence-corrected chi connectivity index (χ3v) is 3.53. The van der Waals surface area contributed by atoms with Gasteiger partial charge in [-0.15, -0.1) is 0 Å². The van der Waals surface area contributed by atoms with Gasteiger partial charge in [0, 0.05) is 25.9 Å². The fraction of sp³-hybridized carbons (Fsp3) is 0.294. The molecule has 5 nitrogen and oxygen atoms in total. The molecule has 1 heterocycles. The van der Waals surface area contributed by atoms with E-state index in [1.165, 1.54) is 24.3 Å². The van der Waals surface area contributed by atoms with E-state index in [0.717, 1.165) is 0 Å². The number of benzene rings is 1. The normalized spacial score (nSPS) is 13.3. The van der Waals surface area contributed by atoms with E-state index < -0.39 is 5.60 Å². The van der Waals surface area contributed by atoms with Crippen LogP contribution in [0.25, 0.3) is 0 Å². The molecule has 0 aliphatic carbocycles. The van der Waals surface area contributed by atoms with Gasteiger partial charge in [-0.2, -0.15) is 0 Å². The molecule has 2 rings (SSSR count). The summed E-state index contributed by atoms with van der Waals surface area (Å²) < 4.78 is 13.0. The molecule has 1 aromatic carbocycles. The lowest BCUT2D eigenvalue weighted by atomic mass is 9.96. The van der Waals surface area contributed by atoms with Gasteiger partial charge >= 0.3 is 0 Å².